The molecule has 0 bridgehead atoms. The number of carbonyl (C=O) groups excluding carboxylic acids is 1. The Morgan fingerprint density at radius 2 is 2.00 bits per heavy atom. The number of Topliss-reactive ketones (excluding diaryl/α,β-unsaturated/α-hetero) is 1. The second kappa shape index (κ2) is 5.87. The molecule has 0 amide bonds. The van der Waals surface area contributed by atoms with Gasteiger partial charge in [-0.1, -0.05) is 19.1 Å². The van der Waals surface area contributed by atoms with Gasteiger partial charge in [0.25, 0.3) is 0 Å². The van der Waals surface area contributed by atoms with E-state index in [2.05, 4.69) is 0 Å². The van der Waals surface area contributed by atoms with E-state index >= 15 is 0 Å². The fourth-order valence-corrected chi connectivity index (χ4v) is 1.63. The molecule has 0 fully saturated rings. The van der Waals surface area contributed by atoms with Crippen LogP contribution < -0.4 is 5.73 Å². The predicted octanol–water partition coefficient (Wildman–Crippen LogP) is 2.51. The van der Waals surface area contributed by atoms with E-state index in [0.717, 1.165) is 0 Å². The molecule has 1 aromatic carbocycles. The number of ketones is 1. The van der Waals surface area contributed by atoms with Gasteiger partial charge in [0.05, 0.1) is 6.04 Å². The van der Waals surface area contributed by atoms with E-state index < -0.39 is 17.7 Å². The van der Waals surface area contributed by atoms with E-state index in [1.807, 2.05) is 6.92 Å². The number of hydrogen-bond donors (Lipinski definition) is 1. The lowest BCUT2D eigenvalue weighted by Crippen LogP contribution is -2.32. The molecular formula is C13H17F2NO. The molecule has 1 aromatic rings. The predicted molar refractivity (Wildman–Crippen MR) is 62.7 cm³/mol. The molecule has 0 aromatic heterocycles. The van der Waals surface area contributed by atoms with Crippen LogP contribution >= 0.6 is 0 Å². The maximum absolute atomic E-state index is 13.5. The normalized spacial score (nSPS) is 12.5. The number of carbonyl (C=O) groups is 1. The third kappa shape index (κ3) is 3.33. The maximum Gasteiger partial charge on any atom is 0.162 e. The fraction of sp³-hybridized carbons (Fsp3) is 0.462. The number of benzene rings is 1. The highest BCUT2D eigenvalue weighted by Gasteiger charge is 2.17. The molecule has 0 saturated carbocycles. The molecule has 94 valence electrons. The van der Waals surface area contributed by atoms with Crippen molar-refractivity contribution in [2.24, 2.45) is 5.73 Å². The number of hydrogen-bond acceptors (Lipinski definition) is 2. The Bertz CT molecular complexity index is 418. The van der Waals surface area contributed by atoms with Crippen LogP contribution in [-0.4, -0.2) is 11.8 Å². The van der Waals surface area contributed by atoms with Gasteiger partial charge in [0.2, 0.25) is 0 Å². The van der Waals surface area contributed by atoms with Crippen molar-refractivity contribution < 1.29 is 13.6 Å². The Balaban J connectivity index is 2.82. The van der Waals surface area contributed by atoms with Crippen LogP contribution in [-0.2, 0) is 11.2 Å². The molecule has 1 unspecified atom stereocenters. The average Bonchev–Trinajstić information content (AvgIpc) is 2.30. The van der Waals surface area contributed by atoms with Crippen molar-refractivity contribution in [1.82, 2.24) is 0 Å². The Hall–Kier alpha value is -1.29. The van der Waals surface area contributed by atoms with Gasteiger partial charge in [-0.15, -0.1) is 0 Å². The molecule has 0 aliphatic heterocycles. The Kier molecular flexibility index (Phi) is 4.75. The van der Waals surface area contributed by atoms with Gasteiger partial charge in [-0.3, -0.25) is 4.79 Å². The summed E-state index contributed by atoms with van der Waals surface area (Å²) in [6.07, 6.45) is 1.12. The first-order valence-corrected chi connectivity index (χ1v) is 5.69. The first-order valence-electron chi connectivity index (χ1n) is 5.69. The lowest BCUT2D eigenvalue weighted by atomic mass is 9.99. The standard InChI is InChI=1S/C13H17F2NO/c1-3-4-11(17)10(16)7-9-6-5-8(2)12(14)13(9)15/h5-6,10H,3-4,7,16H2,1-2H3. The fourth-order valence-electron chi connectivity index (χ4n) is 1.63. The molecule has 0 spiro atoms. The van der Waals surface area contributed by atoms with Gasteiger partial charge in [0, 0.05) is 6.42 Å². The van der Waals surface area contributed by atoms with Crippen molar-refractivity contribution in [2.45, 2.75) is 39.2 Å². The van der Waals surface area contributed by atoms with Crippen molar-refractivity contribution in [3.63, 3.8) is 0 Å². The van der Waals surface area contributed by atoms with Gasteiger partial charge in [0.1, 0.15) is 5.78 Å². The zero-order valence-electron chi connectivity index (χ0n) is 10.1. The summed E-state index contributed by atoms with van der Waals surface area (Å²) in [5.74, 6) is -1.88. The molecule has 0 radical (unpaired) electrons. The van der Waals surface area contributed by atoms with Crippen molar-refractivity contribution in [1.29, 1.82) is 0 Å². The topological polar surface area (TPSA) is 43.1 Å². The van der Waals surface area contributed by atoms with Crippen LogP contribution in [0.1, 0.15) is 30.9 Å². The molecule has 0 aliphatic rings. The number of aryl methyl sites for hydroxylation is 1. The average molecular weight is 241 g/mol. The van der Waals surface area contributed by atoms with E-state index in [4.69, 9.17) is 5.73 Å². The van der Waals surface area contributed by atoms with Crippen molar-refractivity contribution in [2.75, 3.05) is 0 Å². The largest absolute Gasteiger partial charge is 0.321 e. The summed E-state index contributed by atoms with van der Waals surface area (Å²) in [5.41, 5.74) is 6.06. The van der Waals surface area contributed by atoms with Crippen LogP contribution in [0.2, 0.25) is 0 Å². The van der Waals surface area contributed by atoms with Crippen molar-refractivity contribution in [3.8, 4) is 0 Å². The summed E-state index contributed by atoms with van der Waals surface area (Å²) in [4.78, 5) is 11.5. The van der Waals surface area contributed by atoms with Gasteiger partial charge in [-0.05, 0) is 30.9 Å². The smallest absolute Gasteiger partial charge is 0.162 e. The molecule has 17 heavy (non-hydrogen) atoms. The Morgan fingerprint density at radius 1 is 1.35 bits per heavy atom. The van der Waals surface area contributed by atoms with E-state index in [1.165, 1.54) is 19.1 Å². The van der Waals surface area contributed by atoms with Crippen LogP contribution in [0.25, 0.3) is 0 Å². The highest BCUT2D eigenvalue weighted by Crippen LogP contribution is 2.17. The van der Waals surface area contributed by atoms with Gasteiger partial charge < -0.3 is 5.73 Å². The number of halogens is 2. The first-order chi connectivity index (χ1) is 7.97. The van der Waals surface area contributed by atoms with Gasteiger partial charge in [-0.2, -0.15) is 0 Å². The second-order valence-corrected chi connectivity index (χ2v) is 4.20. The minimum absolute atomic E-state index is 0.0435. The summed E-state index contributed by atoms with van der Waals surface area (Å²) in [5, 5.41) is 0. The molecule has 0 aliphatic carbocycles. The third-order valence-electron chi connectivity index (χ3n) is 2.71. The molecule has 2 nitrogen and oxygen atoms in total. The summed E-state index contributed by atoms with van der Waals surface area (Å²) >= 11 is 0. The molecule has 1 atom stereocenters. The summed E-state index contributed by atoms with van der Waals surface area (Å²) in [7, 11) is 0. The van der Waals surface area contributed by atoms with Crippen LogP contribution in [0.5, 0.6) is 0 Å². The monoisotopic (exact) mass is 241 g/mol. The van der Waals surface area contributed by atoms with E-state index in [9.17, 15) is 13.6 Å². The van der Waals surface area contributed by atoms with Crippen LogP contribution in [0.3, 0.4) is 0 Å². The lowest BCUT2D eigenvalue weighted by Gasteiger charge is -2.11. The molecule has 0 saturated heterocycles. The second-order valence-electron chi connectivity index (χ2n) is 4.20. The van der Waals surface area contributed by atoms with Crippen LogP contribution in [0.4, 0.5) is 8.78 Å². The lowest BCUT2D eigenvalue weighted by molar-refractivity contribution is -0.120. The summed E-state index contributed by atoms with van der Waals surface area (Å²) in [6, 6.07) is 2.21. The highest BCUT2D eigenvalue weighted by molar-refractivity contribution is 5.84. The van der Waals surface area contributed by atoms with Gasteiger partial charge >= 0.3 is 0 Å². The van der Waals surface area contributed by atoms with Gasteiger partial charge in [0.15, 0.2) is 11.6 Å². The Morgan fingerprint density at radius 3 is 2.59 bits per heavy atom. The highest BCUT2D eigenvalue weighted by atomic mass is 19.2. The SMILES string of the molecule is CCCC(=O)C(N)Cc1ccc(C)c(F)c1F. The quantitative estimate of drug-likeness (QED) is 0.860. The number of rotatable bonds is 5. The zero-order chi connectivity index (χ0) is 13.0. The third-order valence-corrected chi connectivity index (χ3v) is 2.71. The van der Waals surface area contributed by atoms with E-state index in [1.54, 1.807) is 0 Å². The minimum atomic E-state index is -0.898. The first kappa shape index (κ1) is 13.8. The maximum atomic E-state index is 13.5. The van der Waals surface area contributed by atoms with Crippen LogP contribution in [0.15, 0.2) is 12.1 Å². The number of nitrogens with two attached hydrogens (primary N) is 1. The Labute approximate surface area is 99.8 Å². The zero-order valence-corrected chi connectivity index (χ0v) is 10.1. The van der Waals surface area contributed by atoms with Crippen molar-refractivity contribution in [3.05, 3.63) is 34.9 Å². The minimum Gasteiger partial charge on any atom is -0.321 e. The van der Waals surface area contributed by atoms with Crippen molar-refractivity contribution >= 4 is 5.78 Å². The van der Waals surface area contributed by atoms with Gasteiger partial charge in [-0.25, -0.2) is 8.78 Å². The van der Waals surface area contributed by atoms with Crippen LogP contribution in [0, 0.1) is 18.6 Å². The summed E-state index contributed by atoms with van der Waals surface area (Å²) < 4.78 is 26.8. The summed E-state index contributed by atoms with van der Waals surface area (Å²) in [6.45, 7) is 3.36. The molecular weight excluding hydrogens is 224 g/mol. The molecule has 1 rings (SSSR count). The molecule has 0 heterocycles. The molecule has 4 heteroatoms. The van der Waals surface area contributed by atoms with E-state index in [-0.39, 0.29) is 23.3 Å². The molecule has 2 N–H and O–H groups in total. The van der Waals surface area contributed by atoms with E-state index in [0.29, 0.717) is 12.8 Å².